The number of hydrogen-bond acceptors (Lipinski definition) is 1. The summed E-state index contributed by atoms with van der Waals surface area (Å²) >= 11 is 0. The van der Waals surface area contributed by atoms with Crippen LogP contribution in [0.5, 0.6) is 0 Å². The Balaban J connectivity index is 0.000000354. The Hall–Kier alpha value is -0.0400. The van der Waals surface area contributed by atoms with Crippen molar-refractivity contribution in [3.05, 3.63) is 0 Å². The minimum Gasteiger partial charge on any atom is -0.381 e. The quantitative estimate of drug-likeness (QED) is 0.494. The Kier molecular flexibility index (Phi) is 15.9. The zero-order valence-corrected chi connectivity index (χ0v) is 12.3. The predicted molar refractivity (Wildman–Crippen MR) is 77.6 cm³/mol. The zero-order valence-electron chi connectivity index (χ0n) is 12.3. The van der Waals surface area contributed by atoms with Gasteiger partial charge in [0.2, 0.25) is 0 Å². The summed E-state index contributed by atoms with van der Waals surface area (Å²) in [7, 11) is 0. The van der Waals surface area contributed by atoms with Gasteiger partial charge in [-0.25, -0.2) is 0 Å². The Morgan fingerprint density at radius 1 is 0.588 bits per heavy atom. The number of rotatable bonds is 8. The van der Waals surface area contributed by atoms with Crippen molar-refractivity contribution in [2.24, 2.45) is 0 Å². The summed E-state index contributed by atoms with van der Waals surface area (Å²) in [5.74, 6) is 0. The van der Waals surface area contributed by atoms with Gasteiger partial charge in [-0.15, -0.1) is 0 Å². The van der Waals surface area contributed by atoms with Crippen LogP contribution in [-0.4, -0.2) is 13.2 Å². The molecule has 0 atom stereocenters. The maximum absolute atomic E-state index is 5.44. The highest BCUT2D eigenvalue weighted by Gasteiger charge is 1.95. The highest BCUT2D eigenvalue weighted by atomic mass is 16.5. The molecule has 17 heavy (non-hydrogen) atoms. The van der Waals surface area contributed by atoms with Gasteiger partial charge in [-0.1, -0.05) is 78.1 Å². The van der Waals surface area contributed by atoms with Gasteiger partial charge in [0.25, 0.3) is 0 Å². The Bertz CT molecular complexity index is 99.2. The first-order valence-electron chi connectivity index (χ1n) is 7.99. The molecular weight excluding hydrogens is 208 g/mol. The van der Waals surface area contributed by atoms with E-state index in [1.54, 1.807) is 0 Å². The van der Waals surface area contributed by atoms with Crippen LogP contribution in [0.15, 0.2) is 0 Å². The van der Waals surface area contributed by atoms with Gasteiger partial charge >= 0.3 is 0 Å². The van der Waals surface area contributed by atoms with Crippen LogP contribution in [0.2, 0.25) is 0 Å². The van der Waals surface area contributed by atoms with Gasteiger partial charge in [-0.05, 0) is 12.8 Å². The number of ether oxygens (including phenoxy) is 1. The van der Waals surface area contributed by atoms with Crippen LogP contribution < -0.4 is 0 Å². The molecule has 1 nitrogen and oxygen atoms in total. The molecule has 0 aromatic heterocycles. The van der Waals surface area contributed by atoms with E-state index in [1.165, 1.54) is 77.0 Å². The number of hydrogen-bond donors (Lipinski definition) is 0. The van der Waals surface area contributed by atoms with E-state index in [4.69, 9.17) is 4.74 Å². The molecule has 1 saturated carbocycles. The van der Waals surface area contributed by atoms with Crippen molar-refractivity contribution in [2.75, 3.05) is 13.2 Å². The third kappa shape index (κ3) is 16.0. The molecule has 0 saturated heterocycles. The summed E-state index contributed by atoms with van der Waals surface area (Å²) in [5, 5.41) is 0. The minimum atomic E-state index is 0.970. The lowest BCUT2D eigenvalue weighted by molar-refractivity contribution is 0.126. The first kappa shape index (κ1) is 17.0. The van der Waals surface area contributed by atoms with E-state index in [0.29, 0.717) is 0 Å². The van der Waals surface area contributed by atoms with Crippen molar-refractivity contribution in [1.82, 2.24) is 0 Å². The second kappa shape index (κ2) is 16.0. The van der Waals surface area contributed by atoms with Gasteiger partial charge in [-0.3, -0.25) is 0 Å². The van der Waals surface area contributed by atoms with E-state index in [2.05, 4.69) is 13.8 Å². The van der Waals surface area contributed by atoms with Gasteiger partial charge in [0.1, 0.15) is 0 Å². The summed E-state index contributed by atoms with van der Waals surface area (Å²) in [6, 6.07) is 0. The average molecular weight is 242 g/mol. The van der Waals surface area contributed by atoms with E-state index in [0.717, 1.165) is 13.2 Å². The second-order valence-electron chi connectivity index (χ2n) is 5.15. The molecule has 0 N–H and O–H groups in total. The van der Waals surface area contributed by atoms with Crippen LogP contribution >= 0.6 is 0 Å². The van der Waals surface area contributed by atoms with Crippen molar-refractivity contribution >= 4 is 0 Å². The Morgan fingerprint density at radius 3 is 1.24 bits per heavy atom. The van der Waals surface area contributed by atoms with Crippen molar-refractivity contribution in [1.29, 1.82) is 0 Å². The van der Waals surface area contributed by atoms with Crippen molar-refractivity contribution in [3.63, 3.8) is 0 Å². The molecule has 1 rings (SSSR count). The van der Waals surface area contributed by atoms with Gasteiger partial charge in [0, 0.05) is 13.2 Å². The largest absolute Gasteiger partial charge is 0.381 e. The summed E-state index contributed by atoms with van der Waals surface area (Å²) in [4.78, 5) is 0. The normalized spacial score (nSPS) is 15.2. The lowest BCUT2D eigenvalue weighted by Gasteiger charge is -2.05. The molecule has 1 aliphatic rings. The van der Waals surface area contributed by atoms with E-state index < -0.39 is 0 Å². The molecule has 1 fully saturated rings. The van der Waals surface area contributed by atoms with Crippen LogP contribution in [0.4, 0.5) is 0 Å². The van der Waals surface area contributed by atoms with Crippen molar-refractivity contribution in [3.8, 4) is 0 Å². The van der Waals surface area contributed by atoms with E-state index in [9.17, 15) is 0 Å². The fourth-order valence-corrected chi connectivity index (χ4v) is 2.07. The molecule has 104 valence electrons. The van der Waals surface area contributed by atoms with Gasteiger partial charge in [0.15, 0.2) is 0 Å². The molecule has 0 unspecified atom stereocenters. The van der Waals surface area contributed by atoms with Crippen molar-refractivity contribution in [2.45, 2.75) is 90.9 Å². The third-order valence-electron chi connectivity index (χ3n) is 3.28. The summed E-state index contributed by atoms with van der Waals surface area (Å²) in [6.07, 6.45) is 16.7. The molecule has 0 aromatic rings. The molecule has 0 heterocycles. The molecule has 0 aliphatic heterocycles. The highest BCUT2D eigenvalue weighted by Crippen LogP contribution is 2.15. The lowest BCUT2D eigenvalue weighted by atomic mass is 10.0. The average Bonchev–Trinajstić information content (AvgIpc) is 2.41. The SMILES string of the molecule is C1CCCCC1.CCCCCOCCCCC. The first-order valence-corrected chi connectivity index (χ1v) is 7.99. The van der Waals surface area contributed by atoms with Gasteiger partial charge < -0.3 is 4.74 Å². The smallest absolute Gasteiger partial charge is 0.0466 e. The Labute approximate surface area is 109 Å². The first-order chi connectivity index (χ1) is 8.41. The maximum Gasteiger partial charge on any atom is 0.0466 e. The van der Waals surface area contributed by atoms with Crippen LogP contribution in [0, 0.1) is 0 Å². The summed E-state index contributed by atoms with van der Waals surface area (Å²) in [5.41, 5.74) is 0. The maximum atomic E-state index is 5.44. The van der Waals surface area contributed by atoms with Gasteiger partial charge in [-0.2, -0.15) is 0 Å². The number of unbranched alkanes of at least 4 members (excludes halogenated alkanes) is 4. The monoisotopic (exact) mass is 242 g/mol. The molecule has 1 heteroatoms. The van der Waals surface area contributed by atoms with Crippen LogP contribution in [-0.2, 0) is 4.74 Å². The molecule has 0 bridgehead atoms. The van der Waals surface area contributed by atoms with Crippen LogP contribution in [0.1, 0.15) is 90.9 Å². The molecule has 0 aromatic carbocycles. The fraction of sp³-hybridized carbons (Fsp3) is 1.00. The second-order valence-corrected chi connectivity index (χ2v) is 5.15. The topological polar surface area (TPSA) is 9.23 Å². The molecule has 1 aliphatic carbocycles. The standard InChI is InChI=1S/C10H22O.C6H12/c1-3-5-7-9-11-10-8-6-4-2;1-2-4-6-5-3-1/h3-10H2,1-2H3;1-6H2. The lowest BCUT2D eigenvalue weighted by Crippen LogP contribution is -1.96. The molecule has 0 radical (unpaired) electrons. The predicted octanol–water partition coefficient (Wildman–Crippen LogP) is 5.72. The minimum absolute atomic E-state index is 0.970. The molecule has 0 amide bonds. The highest BCUT2D eigenvalue weighted by molar-refractivity contribution is 4.51. The van der Waals surface area contributed by atoms with E-state index >= 15 is 0 Å². The van der Waals surface area contributed by atoms with Gasteiger partial charge in [0.05, 0.1) is 0 Å². The van der Waals surface area contributed by atoms with E-state index in [-0.39, 0.29) is 0 Å². The van der Waals surface area contributed by atoms with Crippen molar-refractivity contribution < 1.29 is 4.74 Å². The molecular formula is C16H34O. The summed E-state index contributed by atoms with van der Waals surface area (Å²) < 4.78 is 5.44. The van der Waals surface area contributed by atoms with Crippen LogP contribution in [0.3, 0.4) is 0 Å². The summed E-state index contributed by atoms with van der Waals surface area (Å²) in [6.45, 7) is 6.38. The fourth-order valence-electron chi connectivity index (χ4n) is 2.07. The van der Waals surface area contributed by atoms with Crippen LogP contribution in [0.25, 0.3) is 0 Å². The Morgan fingerprint density at radius 2 is 0.941 bits per heavy atom. The van der Waals surface area contributed by atoms with E-state index in [1.807, 2.05) is 0 Å². The third-order valence-corrected chi connectivity index (χ3v) is 3.28. The zero-order chi connectivity index (χ0) is 12.6. The molecule has 0 spiro atoms.